The van der Waals surface area contributed by atoms with E-state index in [0.717, 1.165) is 6.54 Å². The molecule has 0 radical (unpaired) electrons. The van der Waals surface area contributed by atoms with E-state index in [2.05, 4.69) is 29.8 Å². The summed E-state index contributed by atoms with van der Waals surface area (Å²) in [5, 5.41) is 0. The van der Waals surface area contributed by atoms with E-state index in [1.54, 1.807) is 0 Å². The van der Waals surface area contributed by atoms with Gasteiger partial charge in [0.15, 0.2) is 0 Å². The first-order valence-electron chi connectivity index (χ1n) is 3.04. The van der Waals surface area contributed by atoms with Crippen LogP contribution >= 0.6 is 0 Å². The van der Waals surface area contributed by atoms with E-state index in [9.17, 15) is 0 Å². The molecule has 0 unspecified atom stereocenters. The summed E-state index contributed by atoms with van der Waals surface area (Å²) >= 11 is 0. The first-order valence-corrected chi connectivity index (χ1v) is 3.04. The van der Waals surface area contributed by atoms with E-state index in [-0.39, 0.29) is 0 Å². The second-order valence-corrected chi connectivity index (χ2v) is 2.16. The molecule has 0 aliphatic carbocycles. The molecular formula is C8H11N. The van der Waals surface area contributed by atoms with Gasteiger partial charge in [-0.05, 0) is 17.8 Å². The molecule has 48 valence electrons. The Morgan fingerprint density at radius 1 is 1.78 bits per heavy atom. The summed E-state index contributed by atoms with van der Waals surface area (Å²) in [5.74, 6) is 0. The average molecular weight is 121 g/mol. The van der Waals surface area contributed by atoms with Crippen LogP contribution in [0.1, 0.15) is 0 Å². The number of rotatable bonds is 1. The molecule has 0 spiro atoms. The molecule has 1 aliphatic rings. The maximum atomic E-state index is 3.67. The molecule has 0 aromatic heterocycles. The fourth-order valence-corrected chi connectivity index (χ4v) is 0.743. The molecule has 0 saturated carbocycles. The molecule has 0 aromatic rings. The van der Waals surface area contributed by atoms with Gasteiger partial charge in [0.1, 0.15) is 0 Å². The number of likely N-dealkylation sites (N-methyl/N-ethyl adjacent to an activating group) is 1. The third-order valence-corrected chi connectivity index (χ3v) is 1.37. The Kier molecular flexibility index (Phi) is 1.73. The SMILES string of the molecule is C=CC1=CCN(C)C=C1. The summed E-state index contributed by atoms with van der Waals surface area (Å²) in [5.41, 5.74) is 1.22. The maximum Gasteiger partial charge on any atom is 0.0359 e. The van der Waals surface area contributed by atoms with Crippen molar-refractivity contribution in [2.45, 2.75) is 0 Å². The van der Waals surface area contributed by atoms with Crippen molar-refractivity contribution in [2.75, 3.05) is 13.6 Å². The van der Waals surface area contributed by atoms with Crippen LogP contribution in [0.25, 0.3) is 0 Å². The summed E-state index contributed by atoms with van der Waals surface area (Å²) in [6.07, 6.45) is 8.12. The first kappa shape index (κ1) is 6.14. The van der Waals surface area contributed by atoms with Crippen molar-refractivity contribution in [3.63, 3.8) is 0 Å². The van der Waals surface area contributed by atoms with Crippen molar-refractivity contribution in [1.82, 2.24) is 4.90 Å². The molecule has 0 bridgehead atoms. The maximum absolute atomic E-state index is 3.67. The van der Waals surface area contributed by atoms with Crippen LogP contribution in [0, 0.1) is 0 Å². The minimum absolute atomic E-state index is 0.998. The van der Waals surface area contributed by atoms with Crippen LogP contribution in [0.3, 0.4) is 0 Å². The second-order valence-electron chi connectivity index (χ2n) is 2.16. The van der Waals surface area contributed by atoms with Crippen LogP contribution in [0.4, 0.5) is 0 Å². The normalized spacial score (nSPS) is 17.4. The molecule has 1 aliphatic heterocycles. The van der Waals surface area contributed by atoms with Crippen molar-refractivity contribution in [1.29, 1.82) is 0 Å². The van der Waals surface area contributed by atoms with Gasteiger partial charge in [0, 0.05) is 13.6 Å². The summed E-state index contributed by atoms with van der Waals surface area (Å²) in [4.78, 5) is 2.12. The van der Waals surface area contributed by atoms with Crippen molar-refractivity contribution < 1.29 is 0 Å². The minimum atomic E-state index is 0.998. The topological polar surface area (TPSA) is 3.24 Å². The zero-order valence-electron chi connectivity index (χ0n) is 5.67. The Hall–Kier alpha value is -0.980. The quantitative estimate of drug-likeness (QED) is 0.509. The number of nitrogens with zero attached hydrogens (tertiary/aromatic N) is 1. The van der Waals surface area contributed by atoms with Crippen LogP contribution < -0.4 is 0 Å². The lowest BCUT2D eigenvalue weighted by molar-refractivity contribution is 0.503. The monoisotopic (exact) mass is 121 g/mol. The molecule has 0 fully saturated rings. The number of allylic oxidation sites excluding steroid dienone is 3. The van der Waals surface area contributed by atoms with Crippen molar-refractivity contribution in [2.24, 2.45) is 0 Å². The Balaban J connectivity index is 2.62. The predicted molar refractivity (Wildman–Crippen MR) is 40.1 cm³/mol. The van der Waals surface area contributed by atoms with Gasteiger partial charge in [-0.15, -0.1) is 0 Å². The lowest BCUT2D eigenvalue weighted by Gasteiger charge is -2.14. The van der Waals surface area contributed by atoms with Gasteiger partial charge >= 0.3 is 0 Å². The minimum Gasteiger partial charge on any atom is -0.377 e. The molecule has 1 heteroatoms. The van der Waals surface area contributed by atoms with Gasteiger partial charge in [0.25, 0.3) is 0 Å². The zero-order valence-corrected chi connectivity index (χ0v) is 5.67. The van der Waals surface area contributed by atoms with E-state index in [0.29, 0.717) is 0 Å². The van der Waals surface area contributed by atoms with Crippen LogP contribution in [-0.2, 0) is 0 Å². The molecular weight excluding hydrogens is 110 g/mol. The summed E-state index contributed by atoms with van der Waals surface area (Å²) in [6, 6.07) is 0. The average Bonchev–Trinajstić information content (AvgIpc) is 1.90. The van der Waals surface area contributed by atoms with Gasteiger partial charge in [-0.25, -0.2) is 0 Å². The molecule has 0 N–H and O–H groups in total. The van der Waals surface area contributed by atoms with Gasteiger partial charge in [0.2, 0.25) is 0 Å². The number of hydrogen-bond acceptors (Lipinski definition) is 1. The van der Waals surface area contributed by atoms with E-state index >= 15 is 0 Å². The first-order chi connectivity index (χ1) is 4.33. The van der Waals surface area contributed by atoms with Gasteiger partial charge in [-0.3, -0.25) is 0 Å². The standard InChI is InChI=1S/C8H11N/c1-3-8-4-6-9(2)7-5-8/h3-6H,1,7H2,2H3. The van der Waals surface area contributed by atoms with Gasteiger partial charge in [-0.2, -0.15) is 0 Å². The summed E-state index contributed by atoms with van der Waals surface area (Å²) < 4.78 is 0. The third-order valence-electron chi connectivity index (χ3n) is 1.37. The fraction of sp³-hybridized carbons (Fsp3) is 0.250. The third kappa shape index (κ3) is 1.46. The van der Waals surface area contributed by atoms with Crippen LogP contribution in [0.2, 0.25) is 0 Å². The number of hydrogen-bond donors (Lipinski definition) is 0. The van der Waals surface area contributed by atoms with E-state index in [1.807, 2.05) is 13.1 Å². The van der Waals surface area contributed by atoms with E-state index in [1.165, 1.54) is 5.57 Å². The van der Waals surface area contributed by atoms with Crippen LogP contribution in [-0.4, -0.2) is 18.5 Å². The second kappa shape index (κ2) is 2.53. The van der Waals surface area contributed by atoms with Crippen LogP contribution in [0.15, 0.2) is 36.6 Å². The van der Waals surface area contributed by atoms with Crippen molar-refractivity contribution >= 4 is 0 Å². The predicted octanol–water partition coefficient (Wildman–Crippen LogP) is 1.56. The van der Waals surface area contributed by atoms with Gasteiger partial charge in [-0.1, -0.05) is 18.7 Å². The molecule has 9 heavy (non-hydrogen) atoms. The van der Waals surface area contributed by atoms with Crippen LogP contribution in [0.5, 0.6) is 0 Å². The largest absolute Gasteiger partial charge is 0.377 e. The highest BCUT2D eigenvalue weighted by Gasteiger charge is 1.94. The summed E-state index contributed by atoms with van der Waals surface area (Å²) in [7, 11) is 2.05. The lowest BCUT2D eigenvalue weighted by atomic mass is 10.2. The highest BCUT2D eigenvalue weighted by molar-refractivity contribution is 5.31. The summed E-state index contributed by atoms with van der Waals surface area (Å²) in [6.45, 7) is 4.67. The Morgan fingerprint density at radius 2 is 2.56 bits per heavy atom. The molecule has 0 saturated heterocycles. The molecule has 1 heterocycles. The fourth-order valence-electron chi connectivity index (χ4n) is 0.743. The Bertz CT molecular complexity index is 165. The lowest BCUT2D eigenvalue weighted by Crippen LogP contribution is -2.12. The van der Waals surface area contributed by atoms with Crippen molar-refractivity contribution in [3.05, 3.63) is 36.6 Å². The smallest absolute Gasteiger partial charge is 0.0359 e. The van der Waals surface area contributed by atoms with Crippen molar-refractivity contribution in [3.8, 4) is 0 Å². The highest BCUT2D eigenvalue weighted by atomic mass is 15.1. The highest BCUT2D eigenvalue weighted by Crippen LogP contribution is 2.04. The molecule has 1 nitrogen and oxygen atoms in total. The molecule has 1 rings (SSSR count). The molecule has 0 atom stereocenters. The zero-order chi connectivity index (χ0) is 6.69. The van der Waals surface area contributed by atoms with E-state index < -0.39 is 0 Å². The van der Waals surface area contributed by atoms with E-state index in [4.69, 9.17) is 0 Å². The van der Waals surface area contributed by atoms with Gasteiger partial charge in [0.05, 0.1) is 0 Å². The Labute approximate surface area is 56.0 Å². The molecule has 0 aromatic carbocycles. The van der Waals surface area contributed by atoms with Gasteiger partial charge < -0.3 is 4.90 Å². The molecule has 0 amide bonds. The Morgan fingerprint density at radius 3 is 3.00 bits per heavy atom.